The van der Waals surface area contributed by atoms with Crippen molar-refractivity contribution < 1.29 is 9.90 Å². The summed E-state index contributed by atoms with van der Waals surface area (Å²) in [5.41, 5.74) is -1.26. The number of carboxylic acids is 1. The predicted octanol–water partition coefficient (Wildman–Crippen LogP) is 1.78. The van der Waals surface area contributed by atoms with Crippen LogP contribution < -0.4 is 10.9 Å². The van der Waals surface area contributed by atoms with Crippen LogP contribution in [-0.4, -0.2) is 26.6 Å². The molecule has 1 aromatic heterocycles. The molecule has 1 fully saturated rings. The topological polar surface area (TPSA) is 95.1 Å². The molecule has 3 N–H and O–H groups in total. The number of aromatic nitrogens is 2. The van der Waals surface area contributed by atoms with Gasteiger partial charge >= 0.3 is 5.97 Å². The van der Waals surface area contributed by atoms with Crippen molar-refractivity contribution >= 4 is 11.8 Å². The number of aromatic amines is 1. The molecule has 1 aliphatic rings. The van der Waals surface area contributed by atoms with E-state index in [1.165, 1.54) is 6.07 Å². The normalized spacial score (nSPS) is 26.2. The van der Waals surface area contributed by atoms with Gasteiger partial charge in [-0.3, -0.25) is 4.79 Å². The van der Waals surface area contributed by atoms with E-state index in [2.05, 4.69) is 22.2 Å². The van der Waals surface area contributed by atoms with Crippen LogP contribution in [-0.2, 0) is 11.2 Å². The van der Waals surface area contributed by atoms with Crippen LogP contribution in [0.25, 0.3) is 0 Å². The summed E-state index contributed by atoms with van der Waals surface area (Å²) in [6.45, 7) is 4.02. The first-order valence-electron chi connectivity index (χ1n) is 7.07. The monoisotopic (exact) mass is 279 g/mol. The molecule has 0 spiro atoms. The maximum atomic E-state index is 11.7. The van der Waals surface area contributed by atoms with Crippen LogP contribution in [0.5, 0.6) is 0 Å². The van der Waals surface area contributed by atoms with E-state index in [0.717, 1.165) is 12.8 Å². The van der Waals surface area contributed by atoms with Crippen molar-refractivity contribution in [1.82, 2.24) is 9.97 Å². The molecular weight excluding hydrogens is 258 g/mol. The first-order valence-corrected chi connectivity index (χ1v) is 7.07. The Morgan fingerprint density at radius 3 is 2.75 bits per heavy atom. The summed E-state index contributed by atoms with van der Waals surface area (Å²) in [4.78, 5) is 30.1. The highest BCUT2D eigenvalue weighted by Gasteiger charge is 2.41. The standard InChI is InChI=1S/C14H21N3O3/c1-3-10-15-11(8-12(18)16-10)17-14(13(19)20)6-4-9(2)5-7-14/h8-9H,3-7H2,1-2H3,(H,19,20)(H2,15,16,17,18). The lowest BCUT2D eigenvalue weighted by molar-refractivity contribution is -0.143. The zero-order valence-corrected chi connectivity index (χ0v) is 11.9. The highest BCUT2D eigenvalue weighted by molar-refractivity contribution is 5.82. The van der Waals surface area contributed by atoms with Gasteiger partial charge in [0.1, 0.15) is 17.2 Å². The maximum Gasteiger partial charge on any atom is 0.329 e. The summed E-state index contributed by atoms with van der Waals surface area (Å²) in [6.07, 6.45) is 3.44. The molecule has 20 heavy (non-hydrogen) atoms. The smallest absolute Gasteiger partial charge is 0.329 e. The lowest BCUT2D eigenvalue weighted by Gasteiger charge is -2.36. The number of H-pyrrole nitrogens is 1. The highest BCUT2D eigenvalue weighted by atomic mass is 16.4. The van der Waals surface area contributed by atoms with Gasteiger partial charge in [-0.05, 0) is 31.6 Å². The molecule has 0 saturated heterocycles. The molecule has 0 atom stereocenters. The van der Waals surface area contributed by atoms with E-state index in [0.29, 0.717) is 36.8 Å². The van der Waals surface area contributed by atoms with Crippen molar-refractivity contribution in [2.75, 3.05) is 5.32 Å². The number of hydrogen-bond donors (Lipinski definition) is 3. The molecule has 2 rings (SSSR count). The zero-order valence-electron chi connectivity index (χ0n) is 11.9. The first kappa shape index (κ1) is 14.6. The third kappa shape index (κ3) is 3.00. The second-order valence-corrected chi connectivity index (χ2v) is 5.63. The largest absolute Gasteiger partial charge is 0.480 e. The lowest BCUT2D eigenvalue weighted by Crippen LogP contribution is -2.49. The molecule has 1 aliphatic carbocycles. The third-order valence-electron chi connectivity index (χ3n) is 4.03. The Balaban J connectivity index is 2.27. The molecule has 1 heterocycles. The van der Waals surface area contributed by atoms with Crippen LogP contribution in [0.4, 0.5) is 5.82 Å². The van der Waals surface area contributed by atoms with E-state index >= 15 is 0 Å². The molecule has 0 amide bonds. The van der Waals surface area contributed by atoms with E-state index in [1.807, 2.05) is 6.92 Å². The first-order chi connectivity index (χ1) is 9.45. The molecule has 0 bridgehead atoms. The fourth-order valence-corrected chi connectivity index (χ4v) is 2.63. The number of carbonyl (C=O) groups is 1. The van der Waals surface area contributed by atoms with Crippen LogP contribution in [0.2, 0.25) is 0 Å². The minimum Gasteiger partial charge on any atom is -0.480 e. The molecule has 1 aromatic rings. The van der Waals surface area contributed by atoms with Gasteiger partial charge in [-0.15, -0.1) is 0 Å². The van der Waals surface area contributed by atoms with E-state index in [9.17, 15) is 14.7 Å². The summed E-state index contributed by atoms with van der Waals surface area (Å²) < 4.78 is 0. The lowest BCUT2D eigenvalue weighted by atomic mass is 9.77. The Labute approximate surface area is 117 Å². The average Bonchev–Trinajstić information content (AvgIpc) is 2.40. The molecule has 0 aliphatic heterocycles. The van der Waals surface area contributed by atoms with Gasteiger partial charge in [0.2, 0.25) is 0 Å². The van der Waals surface area contributed by atoms with E-state index in [-0.39, 0.29) is 5.56 Å². The number of carboxylic acid groups (broad SMARTS) is 1. The molecular formula is C14H21N3O3. The number of aryl methyl sites for hydroxylation is 1. The number of aliphatic carboxylic acids is 1. The number of hydrogen-bond acceptors (Lipinski definition) is 4. The Kier molecular flexibility index (Phi) is 4.11. The summed E-state index contributed by atoms with van der Waals surface area (Å²) >= 11 is 0. The maximum absolute atomic E-state index is 11.7. The molecule has 0 radical (unpaired) electrons. The predicted molar refractivity (Wildman–Crippen MR) is 75.9 cm³/mol. The van der Waals surface area contributed by atoms with E-state index < -0.39 is 11.5 Å². The SMILES string of the molecule is CCc1nc(NC2(C(=O)O)CCC(C)CC2)cc(=O)[nH]1. The molecule has 1 saturated carbocycles. The van der Waals surface area contributed by atoms with Crippen molar-refractivity contribution in [3.8, 4) is 0 Å². The summed E-state index contributed by atoms with van der Waals surface area (Å²) in [6, 6.07) is 1.32. The van der Waals surface area contributed by atoms with Gasteiger partial charge in [-0.25, -0.2) is 9.78 Å². The van der Waals surface area contributed by atoms with Crippen molar-refractivity contribution in [1.29, 1.82) is 0 Å². The van der Waals surface area contributed by atoms with Crippen molar-refractivity contribution in [2.45, 2.75) is 51.5 Å². The summed E-state index contributed by atoms with van der Waals surface area (Å²) in [5.74, 6) is 0.583. The van der Waals surface area contributed by atoms with Gasteiger partial charge in [0, 0.05) is 12.5 Å². The quantitative estimate of drug-likeness (QED) is 0.781. The Morgan fingerprint density at radius 1 is 1.55 bits per heavy atom. The molecule has 110 valence electrons. The van der Waals surface area contributed by atoms with Crippen LogP contribution in [0.15, 0.2) is 10.9 Å². The van der Waals surface area contributed by atoms with Crippen molar-refractivity contribution in [3.63, 3.8) is 0 Å². The minimum absolute atomic E-state index is 0.260. The Bertz CT molecular complexity index is 545. The number of rotatable bonds is 4. The zero-order chi connectivity index (χ0) is 14.8. The van der Waals surface area contributed by atoms with Crippen molar-refractivity contribution in [3.05, 3.63) is 22.2 Å². The molecule has 0 unspecified atom stereocenters. The van der Waals surface area contributed by atoms with Crippen LogP contribution in [0.3, 0.4) is 0 Å². The van der Waals surface area contributed by atoms with Gasteiger partial charge in [0.15, 0.2) is 0 Å². The molecule has 6 heteroatoms. The van der Waals surface area contributed by atoms with Crippen LogP contribution >= 0.6 is 0 Å². The van der Waals surface area contributed by atoms with Gasteiger partial charge in [-0.2, -0.15) is 0 Å². The number of nitrogens with one attached hydrogen (secondary N) is 2. The fraction of sp³-hybridized carbons (Fsp3) is 0.643. The highest BCUT2D eigenvalue weighted by Crippen LogP contribution is 2.34. The minimum atomic E-state index is -1.00. The van der Waals surface area contributed by atoms with Crippen molar-refractivity contribution in [2.24, 2.45) is 5.92 Å². The van der Waals surface area contributed by atoms with Gasteiger partial charge in [0.05, 0.1) is 0 Å². The number of nitrogens with zero attached hydrogens (tertiary/aromatic N) is 1. The third-order valence-corrected chi connectivity index (χ3v) is 4.03. The fourth-order valence-electron chi connectivity index (χ4n) is 2.63. The van der Waals surface area contributed by atoms with E-state index in [1.54, 1.807) is 0 Å². The van der Waals surface area contributed by atoms with E-state index in [4.69, 9.17) is 0 Å². The van der Waals surface area contributed by atoms with Crippen LogP contribution in [0, 0.1) is 5.92 Å². The second kappa shape index (κ2) is 5.64. The summed E-state index contributed by atoms with van der Waals surface area (Å²) in [5, 5.41) is 12.6. The number of anilines is 1. The molecule has 0 aromatic carbocycles. The Morgan fingerprint density at radius 2 is 2.20 bits per heavy atom. The second-order valence-electron chi connectivity index (χ2n) is 5.63. The van der Waals surface area contributed by atoms with Gasteiger partial charge in [0.25, 0.3) is 5.56 Å². The van der Waals surface area contributed by atoms with Crippen LogP contribution in [0.1, 0.15) is 45.4 Å². The van der Waals surface area contributed by atoms with Gasteiger partial charge in [-0.1, -0.05) is 13.8 Å². The summed E-state index contributed by atoms with van der Waals surface area (Å²) in [7, 11) is 0. The van der Waals surface area contributed by atoms with Gasteiger partial charge < -0.3 is 15.4 Å². The Hall–Kier alpha value is -1.85. The molecule has 6 nitrogen and oxygen atoms in total. The average molecular weight is 279 g/mol.